The van der Waals surface area contributed by atoms with Gasteiger partial charge in [-0.25, -0.2) is 4.79 Å². The van der Waals surface area contributed by atoms with Crippen LogP contribution in [0.2, 0.25) is 10.0 Å². The highest BCUT2D eigenvalue weighted by Gasteiger charge is 2.38. The van der Waals surface area contributed by atoms with E-state index >= 15 is 0 Å². The summed E-state index contributed by atoms with van der Waals surface area (Å²) in [4.78, 5) is 26.5. The maximum Gasteiger partial charge on any atom is 0.490 e. The molecule has 4 rings (SSSR count). The van der Waals surface area contributed by atoms with Gasteiger partial charge in [0.25, 0.3) is 5.91 Å². The average Bonchev–Trinajstić information content (AvgIpc) is 3.12. The van der Waals surface area contributed by atoms with Crippen molar-refractivity contribution >= 4 is 40.8 Å². The molecule has 11 heteroatoms. The number of alkyl halides is 3. The molecule has 6 nitrogen and oxygen atoms in total. The van der Waals surface area contributed by atoms with Crippen LogP contribution in [0.5, 0.6) is 0 Å². The number of carbonyl (C=O) groups excluding carboxylic acids is 1. The van der Waals surface area contributed by atoms with Crippen LogP contribution in [-0.2, 0) is 17.9 Å². The van der Waals surface area contributed by atoms with Gasteiger partial charge < -0.3 is 10.4 Å². The molecule has 0 bridgehead atoms. The maximum atomic E-state index is 12.6. The van der Waals surface area contributed by atoms with Crippen molar-refractivity contribution < 1.29 is 27.9 Å². The first-order valence-electron chi connectivity index (χ1n) is 12.6. The predicted octanol–water partition coefficient (Wildman–Crippen LogP) is 6.90. The topological polar surface area (TPSA) is 72.9 Å². The summed E-state index contributed by atoms with van der Waals surface area (Å²) < 4.78 is 31.7. The summed E-state index contributed by atoms with van der Waals surface area (Å²) in [5.41, 5.74) is 5.12. The maximum absolute atomic E-state index is 12.6. The highest BCUT2D eigenvalue weighted by Crippen LogP contribution is 2.23. The van der Waals surface area contributed by atoms with E-state index < -0.39 is 12.1 Å². The van der Waals surface area contributed by atoms with Gasteiger partial charge in [-0.15, -0.1) is 0 Å². The monoisotopic (exact) mass is 595 g/mol. The first kappa shape index (κ1) is 31.4. The fraction of sp³-hybridized carbons (Fsp3) is 0.310. The lowest BCUT2D eigenvalue weighted by Crippen LogP contribution is -2.30. The number of nitrogens with zero attached hydrogens (tertiary/aromatic N) is 2. The number of halogens is 5. The minimum Gasteiger partial charge on any atom is -0.475 e. The molecular weight excluding hydrogens is 566 g/mol. The molecular formula is C29H30Cl2F3N3O3. The van der Waals surface area contributed by atoms with Gasteiger partial charge in [0.2, 0.25) is 0 Å². The third-order valence-electron chi connectivity index (χ3n) is 6.22. The van der Waals surface area contributed by atoms with E-state index in [0.717, 1.165) is 51.4 Å². The number of amides is 1. The number of aliphatic carboxylic acids is 1. The van der Waals surface area contributed by atoms with E-state index in [2.05, 4.69) is 52.4 Å². The summed E-state index contributed by atoms with van der Waals surface area (Å²) in [5, 5.41) is 10.9. The Labute approximate surface area is 241 Å². The second kappa shape index (κ2) is 14.5. The molecule has 0 atom stereocenters. The number of nitrogens with one attached hydrogen (secondary N) is 1. The van der Waals surface area contributed by atoms with Crippen molar-refractivity contribution in [3.05, 3.63) is 99.0 Å². The molecule has 0 spiro atoms. The summed E-state index contributed by atoms with van der Waals surface area (Å²) in [6.07, 6.45) is -3.93. The molecule has 214 valence electrons. The quantitative estimate of drug-likeness (QED) is 0.324. The number of carboxylic acid groups (broad SMARTS) is 1. The SMILES string of the molecule is Cc1ccc(CN2CCCN(Cc3cccc(NC(=O)c4ccc(Cl)c(Cl)c4)c3)CC2)cc1.O=C(O)C(F)(F)F. The molecule has 1 heterocycles. The number of hydrogen-bond donors (Lipinski definition) is 2. The van der Waals surface area contributed by atoms with Crippen LogP contribution in [-0.4, -0.2) is 59.1 Å². The Morgan fingerprint density at radius 2 is 1.45 bits per heavy atom. The summed E-state index contributed by atoms with van der Waals surface area (Å²) in [6.45, 7) is 8.28. The fourth-order valence-corrected chi connectivity index (χ4v) is 4.44. The predicted molar refractivity (Wildman–Crippen MR) is 151 cm³/mol. The lowest BCUT2D eigenvalue weighted by molar-refractivity contribution is -0.192. The van der Waals surface area contributed by atoms with E-state index in [-0.39, 0.29) is 5.91 Å². The highest BCUT2D eigenvalue weighted by atomic mass is 35.5. The number of aryl methyl sites for hydroxylation is 1. The van der Waals surface area contributed by atoms with Crippen LogP contribution in [0.25, 0.3) is 0 Å². The molecule has 1 aliphatic rings. The van der Waals surface area contributed by atoms with Crippen LogP contribution in [0.15, 0.2) is 66.7 Å². The molecule has 3 aromatic carbocycles. The zero-order valence-electron chi connectivity index (χ0n) is 21.8. The Bertz CT molecular complexity index is 1300. The molecule has 1 fully saturated rings. The van der Waals surface area contributed by atoms with E-state index in [1.165, 1.54) is 16.7 Å². The third-order valence-corrected chi connectivity index (χ3v) is 6.96. The van der Waals surface area contributed by atoms with Gasteiger partial charge in [-0.2, -0.15) is 13.2 Å². The van der Waals surface area contributed by atoms with Crippen molar-refractivity contribution in [3.8, 4) is 0 Å². The van der Waals surface area contributed by atoms with Crippen LogP contribution in [0, 0.1) is 6.92 Å². The average molecular weight is 596 g/mol. The zero-order valence-corrected chi connectivity index (χ0v) is 23.4. The normalized spacial score (nSPS) is 14.6. The van der Waals surface area contributed by atoms with Gasteiger partial charge in [0.05, 0.1) is 10.0 Å². The molecule has 40 heavy (non-hydrogen) atoms. The first-order chi connectivity index (χ1) is 18.9. The van der Waals surface area contributed by atoms with Gasteiger partial charge in [-0.05, 0) is 67.9 Å². The van der Waals surface area contributed by atoms with Gasteiger partial charge >= 0.3 is 12.1 Å². The molecule has 0 unspecified atom stereocenters. The number of anilines is 1. The third kappa shape index (κ3) is 10.1. The Morgan fingerprint density at radius 3 is 2.02 bits per heavy atom. The molecule has 1 saturated heterocycles. The second-order valence-electron chi connectivity index (χ2n) is 9.48. The lowest BCUT2D eigenvalue weighted by Gasteiger charge is -2.22. The highest BCUT2D eigenvalue weighted by molar-refractivity contribution is 6.42. The number of carbonyl (C=O) groups is 2. The smallest absolute Gasteiger partial charge is 0.475 e. The molecule has 0 aromatic heterocycles. The van der Waals surface area contributed by atoms with Gasteiger partial charge in [0.15, 0.2) is 0 Å². The van der Waals surface area contributed by atoms with E-state index in [9.17, 15) is 18.0 Å². The zero-order chi connectivity index (χ0) is 29.3. The minimum absolute atomic E-state index is 0.202. The number of rotatable bonds is 6. The van der Waals surface area contributed by atoms with E-state index in [0.29, 0.717) is 15.6 Å². The van der Waals surface area contributed by atoms with Crippen molar-refractivity contribution in [1.29, 1.82) is 0 Å². The van der Waals surface area contributed by atoms with Crippen molar-refractivity contribution in [1.82, 2.24) is 9.80 Å². The molecule has 0 saturated carbocycles. The van der Waals surface area contributed by atoms with Crippen molar-refractivity contribution in [2.75, 3.05) is 31.5 Å². The molecule has 2 N–H and O–H groups in total. The Morgan fingerprint density at radius 1 is 0.850 bits per heavy atom. The summed E-state index contributed by atoms with van der Waals surface area (Å²) in [5.74, 6) is -2.96. The number of hydrogen-bond acceptors (Lipinski definition) is 4. The fourth-order valence-electron chi connectivity index (χ4n) is 4.14. The van der Waals surface area contributed by atoms with Gasteiger partial charge in [-0.3, -0.25) is 14.6 Å². The number of carboxylic acids is 1. The second-order valence-corrected chi connectivity index (χ2v) is 10.3. The Kier molecular flexibility index (Phi) is 11.4. The minimum atomic E-state index is -5.08. The summed E-state index contributed by atoms with van der Waals surface area (Å²) >= 11 is 12.0. The summed E-state index contributed by atoms with van der Waals surface area (Å²) in [6, 6.07) is 21.8. The summed E-state index contributed by atoms with van der Waals surface area (Å²) in [7, 11) is 0. The Hall–Kier alpha value is -3.11. The lowest BCUT2D eigenvalue weighted by atomic mass is 10.1. The number of benzene rings is 3. The van der Waals surface area contributed by atoms with E-state index in [1.54, 1.807) is 18.2 Å². The van der Waals surface area contributed by atoms with Crippen LogP contribution in [0.1, 0.15) is 33.5 Å². The molecule has 1 amide bonds. The van der Waals surface area contributed by atoms with Crippen LogP contribution < -0.4 is 5.32 Å². The first-order valence-corrected chi connectivity index (χ1v) is 13.3. The molecule has 0 aliphatic carbocycles. The standard InChI is InChI=1S/C27H29Cl2N3O.C2HF3O2/c1-20-6-8-21(9-7-20)18-31-12-3-13-32(15-14-31)19-22-4-2-5-24(16-22)30-27(33)23-10-11-25(28)26(29)17-23;3-2(4,5)1(6)7/h2,4-11,16-17H,3,12-15,18-19H2,1H3,(H,30,33);(H,6,7). The van der Waals surface area contributed by atoms with Gasteiger partial charge in [0.1, 0.15) is 0 Å². The molecule has 0 radical (unpaired) electrons. The molecule has 1 aliphatic heterocycles. The largest absolute Gasteiger partial charge is 0.490 e. The van der Waals surface area contributed by atoms with Gasteiger partial charge in [-0.1, -0.05) is 65.2 Å². The van der Waals surface area contributed by atoms with E-state index in [4.69, 9.17) is 33.1 Å². The van der Waals surface area contributed by atoms with E-state index in [1.807, 2.05) is 18.2 Å². The van der Waals surface area contributed by atoms with Crippen LogP contribution >= 0.6 is 23.2 Å². The Balaban J connectivity index is 0.000000559. The van der Waals surface area contributed by atoms with Crippen molar-refractivity contribution in [2.45, 2.75) is 32.6 Å². The van der Waals surface area contributed by atoms with Crippen LogP contribution in [0.3, 0.4) is 0 Å². The van der Waals surface area contributed by atoms with Crippen molar-refractivity contribution in [3.63, 3.8) is 0 Å². The molecule has 3 aromatic rings. The van der Waals surface area contributed by atoms with Gasteiger partial charge in [0, 0.05) is 37.4 Å². The van der Waals surface area contributed by atoms with Crippen molar-refractivity contribution in [2.24, 2.45) is 0 Å². The van der Waals surface area contributed by atoms with Crippen LogP contribution in [0.4, 0.5) is 18.9 Å².